The van der Waals surface area contributed by atoms with Gasteiger partial charge in [0.05, 0.1) is 0 Å². The molecule has 4 unspecified atom stereocenters. The fourth-order valence-electron chi connectivity index (χ4n) is 6.99. The minimum atomic E-state index is 0.769. The average Bonchev–Trinajstić information content (AvgIpc) is 3.37. The van der Waals surface area contributed by atoms with Gasteiger partial charge in [-0.1, -0.05) is 72.6 Å². The van der Waals surface area contributed by atoms with Crippen LogP contribution < -0.4 is 0 Å². The predicted octanol–water partition coefficient (Wildman–Crippen LogP) is 8.25. The maximum absolute atomic E-state index is 2.48. The van der Waals surface area contributed by atoms with Crippen molar-refractivity contribution >= 4 is 0 Å². The zero-order chi connectivity index (χ0) is 17.9. The van der Waals surface area contributed by atoms with Crippen LogP contribution in [0.2, 0.25) is 0 Å². The third-order valence-corrected chi connectivity index (χ3v) is 9.15. The van der Waals surface area contributed by atoms with Gasteiger partial charge >= 0.3 is 0 Å². The summed E-state index contributed by atoms with van der Waals surface area (Å²) in [4.78, 5) is 0. The molecule has 0 N–H and O–H groups in total. The molecule has 0 aromatic carbocycles. The van der Waals surface area contributed by atoms with Crippen LogP contribution in [0.25, 0.3) is 0 Å². The standard InChI is InChI=1S/C9H16.C8H14.C8H16/c1-7-5-8-3-4-9(7,2)6-8;1-6-4-7-2-3-8(6)5-7;1-2-8-6-4-3-5-7-8/h7-8H,3-6H2,1-2H3;6-8H,2-5H2,1H3;8H,2-7H2,1H3/t7-,8?,9?;6-,7?,8?;/m00./s1. The number of rotatable bonds is 1. The van der Waals surface area contributed by atoms with Gasteiger partial charge in [0.2, 0.25) is 0 Å². The summed E-state index contributed by atoms with van der Waals surface area (Å²) in [7, 11) is 0. The Morgan fingerprint density at radius 1 is 0.800 bits per heavy atom. The van der Waals surface area contributed by atoms with Crippen LogP contribution in [0.15, 0.2) is 0 Å². The molecule has 5 fully saturated rings. The van der Waals surface area contributed by atoms with Crippen LogP contribution in [0.4, 0.5) is 0 Å². The van der Waals surface area contributed by atoms with E-state index in [1.807, 2.05) is 0 Å². The number of hydrogen-bond acceptors (Lipinski definition) is 0. The minimum Gasteiger partial charge on any atom is -0.0651 e. The maximum atomic E-state index is 2.48. The van der Waals surface area contributed by atoms with Crippen LogP contribution in [0.1, 0.15) is 118 Å². The summed E-state index contributed by atoms with van der Waals surface area (Å²) in [6.45, 7) is 9.64. The third-order valence-electron chi connectivity index (χ3n) is 9.15. The summed E-state index contributed by atoms with van der Waals surface area (Å²) in [5, 5.41) is 0. The molecule has 0 heterocycles. The molecule has 5 saturated carbocycles. The van der Waals surface area contributed by atoms with Crippen molar-refractivity contribution < 1.29 is 0 Å². The Hall–Kier alpha value is 0. The second kappa shape index (κ2) is 8.79. The van der Waals surface area contributed by atoms with Gasteiger partial charge < -0.3 is 0 Å². The molecule has 25 heavy (non-hydrogen) atoms. The molecule has 5 aliphatic carbocycles. The summed E-state index contributed by atoms with van der Waals surface area (Å²) in [5.74, 6) is 6.59. The monoisotopic (exact) mass is 346 g/mol. The number of fused-ring (bicyclic) bond motifs is 4. The normalized spacial score (nSPS) is 44.9. The lowest BCUT2D eigenvalue weighted by molar-refractivity contribution is 0.229. The van der Waals surface area contributed by atoms with Crippen molar-refractivity contribution in [1.29, 1.82) is 0 Å². The SMILES string of the molecule is CCC1CCCCC1.C[C@H]1CC2CCC1(C)C2.C[C@H]1CC2CCC1C2. The highest BCUT2D eigenvalue weighted by Gasteiger charge is 2.46. The van der Waals surface area contributed by atoms with Gasteiger partial charge in [-0.25, -0.2) is 0 Å². The lowest BCUT2D eigenvalue weighted by Crippen LogP contribution is -2.18. The van der Waals surface area contributed by atoms with E-state index in [0.717, 1.165) is 40.9 Å². The quantitative estimate of drug-likeness (QED) is 0.448. The fraction of sp³-hybridized carbons (Fsp3) is 1.00. The van der Waals surface area contributed by atoms with Gasteiger partial charge in [0.25, 0.3) is 0 Å². The molecule has 0 spiro atoms. The van der Waals surface area contributed by atoms with E-state index < -0.39 is 0 Å². The topological polar surface area (TPSA) is 0 Å². The van der Waals surface area contributed by atoms with Crippen molar-refractivity contribution in [3.05, 3.63) is 0 Å². The highest BCUT2D eigenvalue weighted by molar-refractivity contribution is 4.96. The highest BCUT2D eigenvalue weighted by Crippen LogP contribution is 2.56. The van der Waals surface area contributed by atoms with Gasteiger partial charge in [0.15, 0.2) is 0 Å². The van der Waals surface area contributed by atoms with Crippen LogP contribution in [-0.4, -0.2) is 0 Å². The molecule has 5 aliphatic rings. The lowest BCUT2D eigenvalue weighted by Gasteiger charge is -2.27. The van der Waals surface area contributed by atoms with Crippen molar-refractivity contribution in [2.24, 2.45) is 40.9 Å². The summed E-state index contributed by atoms with van der Waals surface area (Å²) in [6, 6.07) is 0. The molecule has 0 aromatic heterocycles. The van der Waals surface area contributed by atoms with E-state index in [9.17, 15) is 0 Å². The first kappa shape index (κ1) is 19.8. The minimum absolute atomic E-state index is 0.769. The van der Waals surface area contributed by atoms with E-state index in [-0.39, 0.29) is 0 Å². The first-order valence-electron chi connectivity index (χ1n) is 12.0. The Bertz CT molecular complexity index is 391. The number of hydrogen-bond donors (Lipinski definition) is 0. The summed E-state index contributed by atoms with van der Waals surface area (Å²) >= 11 is 0. The van der Waals surface area contributed by atoms with Crippen molar-refractivity contribution in [3.63, 3.8) is 0 Å². The summed E-state index contributed by atoms with van der Waals surface area (Å²) < 4.78 is 0. The van der Waals surface area contributed by atoms with E-state index in [4.69, 9.17) is 0 Å². The van der Waals surface area contributed by atoms with E-state index in [0.29, 0.717) is 0 Å². The Kier molecular flexibility index (Phi) is 6.95. The zero-order valence-electron chi connectivity index (χ0n) is 17.9. The molecule has 4 bridgehead atoms. The predicted molar refractivity (Wildman–Crippen MR) is 111 cm³/mol. The zero-order valence-corrected chi connectivity index (χ0v) is 17.9. The Labute approximate surface area is 158 Å². The first-order chi connectivity index (χ1) is 12.0. The smallest absolute Gasteiger partial charge is 0.0297 e. The van der Waals surface area contributed by atoms with Gasteiger partial charge in [-0.05, 0) is 85.9 Å². The van der Waals surface area contributed by atoms with Gasteiger partial charge in [0.1, 0.15) is 0 Å². The average molecular weight is 347 g/mol. The van der Waals surface area contributed by atoms with E-state index in [2.05, 4.69) is 27.7 Å². The summed E-state index contributed by atoms with van der Waals surface area (Å²) in [6.07, 6.45) is 21.2. The fourth-order valence-corrected chi connectivity index (χ4v) is 6.99. The van der Waals surface area contributed by atoms with Gasteiger partial charge in [-0.15, -0.1) is 0 Å². The van der Waals surface area contributed by atoms with Crippen molar-refractivity contribution in [1.82, 2.24) is 0 Å². The Morgan fingerprint density at radius 3 is 1.84 bits per heavy atom. The van der Waals surface area contributed by atoms with Gasteiger partial charge in [0, 0.05) is 0 Å². The first-order valence-corrected chi connectivity index (χ1v) is 12.0. The van der Waals surface area contributed by atoms with E-state index >= 15 is 0 Å². The molecule has 0 amide bonds. The molecule has 6 atom stereocenters. The third kappa shape index (κ3) is 5.04. The summed E-state index contributed by atoms with van der Waals surface area (Å²) in [5.41, 5.74) is 0.769. The van der Waals surface area contributed by atoms with Gasteiger partial charge in [-0.2, -0.15) is 0 Å². The molecule has 0 saturated heterocycles. The lowest BCUT2D eigenvalue weighted by atomic mass is 9.78. The highest BCUT2D eigenvalue weighted by atomic mass is 14.5. The van der Waals surface area contributed by atoms with Gasteiger partial charge in [-0.3, -0.25) is 0 Å². The molecule has 0 radical (unpaired) electrons. The van der Waals surface area contributed by atoms with Crippen LogP contribution >= 0.6 is 0 Å². The molecule has 5 rings (SSSR count). The molecular formula is C25H46. The molecule has 0 nitrogen and oxygen atoms in total. The van der Waals surface area contributed by atoms with E-state index in [1.165, 1.54) is 64.2 Å². The van der Waals surface area contributed by atoms with Crippen LogP contribution in [-0.2, 0) is 0 Å². The Morgan fingerprint density at radius 2 is 1.56 bits per heavy atom. The largest absolute Gasteiger partial charge is 0.0651 e. The van der Waals surface area contributed by atoms with Crippen LogP contribution in [0.5, 0.6) is 0 Å². The molecule has 0 heteroatoms. The van der Waals surface area contributed by atoms with Crippen molar-refractivity contribution in [3.8, 4) is 0 Å². The maximum Gasteiger partial charge on any atom is -0.0297 e. The van der Waals surface area contributed by atoms with Crippen LogP contribution in [0, 0.1) is 40.9 Å². The second-order valence-corrected chi connectivity index (χ2v) is 11.0. The van der Waals surface area contributed by atoms with E-state index in [1.54, 1.807) is 25.7 Å². The molecule has 0 aliphatic heterocycles. The van der Waals surface area contributed by atoms with Crippen molar-refractivity contribution in [2.45, 2.75) is 118 Å². The Balaban J connectivity index is 0.000000110. The molecule has 146 valence electrons. The second-order valence-electron chi connectivity index (χ2n) is 11.0. The molecular weight excluding hydrogens is 300 g/mol. The van der Waals surface area contributed by atoms with Crippen molar-refractivity contribution in [2.75, 3.05) is 0 Å². The molecule has 0 aromatic rings. The van der Waals surface area contributed by atoms with Crippen LogP contribution in [0.3, 0.4) is 0 Å².